The molecule has 0 saturated carbocycles. The van der Waals surface area contributed by atoms with Gasteiger partial charge in [-0.15, -0.1) is 0 Å². The lowest BCUT2D eigenvalue weighted by molar-refractivity contribution is -0.159. The lowest BCUT2D eigenvalue weighted by Gasteiger charge is -2.27. The molecule has 2 N–H and O–H groups in total. The van der Waals surface area contributed by atoms with Crippen LogP contribution in [0.2, 0.25) is 0 Å². The van der Waals surface area contributed by atoms with Crippen molar-refractivity contribution in [2.24, 2.45) is 5.92 Å². The van der Waals surface area contributed by atoms with E-state index >= 15 is 0 Å². The molecule has 0 unspecified atom stereocenters. The topological polar surface area (TPSA) is 111 Å². The first-order chi connectivity index (χ1) is 17.7. The van der Waals surface area contributed by atoms with E-state index in [0.29, 0.717) is 24.3 Å². The van der Waals surface area contributed by atoms with Gasteiger partial charge in [0.05, 0.1) is 4.90 Å². The molecule has 0 bridgehead atoms. The Morgan fingerprint density at radius 1 is 1.03 bits per heavy atom. The molecule has 208 valence electrons. The van der Waals surface area contributed by atoms with Gasteiger partial charge in [0.15, 0.2) is 0 Å². The molecule has 38 heavy (non-hydrogen) atoms. The van der Waals surface area contributed by atoms with Crippen LogP contribution in [0.3, 0.4) is 0 Å². The van der Waals surface area contributed by atoms with Crippen molar-refractivity contribution in [1.29, 1.82) is 0 Å². The fourth-order valence-electron chi connectivity index (χ4n) is 3.50. The van der Waals surface area contributed by atoms with Crippen LogP contribution in [0.15, 0.2) is 66.1 Å². The van der Waals surface area contributed by atoms with Gasteiger partial charge in [-0.3, -0.25) is 4.79 Å². The van der Waals surface area contributed by atoms with Crippen molar-refractivity contribution in [3.63, 3.8) is 0 Å². The van der Waals surface area contributed by atoms with E-state index in [1.807, 2.05) is 13.8 Å². The molecule has 0 fully saturated rings. The highest BCUT2D eigenvalue weighted by Crippen LogP contribution is 2.17. The summed E-state index contributed by atoms with van der Waals surface area (Å²) in [6.45, 7) is 12.9. The van der Waals surface area contributed by atoms with E-state index in [4.69, 9.17) is 9.47 Å². The lowest BCUT2D eigenvalue weighted by Crippen LogP contribution is -2.53. The fraction of sp³-hybridized carbons (Fsp3) is 0.429. The molecule has 2 atom stereocenters. The first-order valence-electron chi connectivity index (χ1n) is 12.3. The third-order valence-corrected chi connectivity index (χ3v) is 6.67. The Labute approximate surface area is 224 Å². The summed E-state index contributed by atoms with van der Waals surface area (Å²) in [6, 6.07) is 8.83. The number of rotatable bonds is 13. The van der Waals surface area contributed by atoms with Gasteiger partial charge in [0, 0.05) is 0 Å². The molecule has 0 spiro atoms. The summed E-state index contributed by atoms with van der Waals surface area (Å²) in [6.07, 6.45) is 1.89. The molecule has 10 heteroatoms. The van der Waals surface area contributed by atoms with Crippen molar-refractivity contribution in [3.05, 3.63) is 72.6 Å². The van der Waals surface area contributed by atoms with Crippen LogP contribution in [0.4, 0.5) is 4.39 Å². The van der Waals surface area contributed by atoms with Gasteiger partial charge < -0.3 is 14.8 Å². The molecular formula is C28H37FN2O6S. The quantitative estimate of drug-likeness (QED) is 0.287. The second-order valence-electron chi connectivity index (χ2n) is 10.3. The van der Waals surface area contributed by atoms with Crippen LogP contribution in [-0.2, 0) is 30.8 Å². The van der Waals surface area contributed by atoms with Crippen molar-refractivity contribution in [2.75, 3.05) is 6.61 Å². The molecule has 2 aromatic rings. The zero-order valence-electron chi connectivity index (χ0n) is 22.5. The molecular weight excluding hydrogens is 511 g/mol. The minimum atomic E-state index is -4.20. The summed E-state index contributed by atoms with van der Waals surface area (Å²) >= 11 is 0. The predicted octanol–water partition coefficient (Wildman–Crippen LogP) is 4.15. The highest BCUT2D eigenvalue weighted by atomic mass is 32.2. The number of hydrogen-bond donors (Lipinski definition) is 2. The normalized spacial score (nSPS) is 13.4. The second-order valence-corrected chi connectivity index (χ2v) is 12.0. The molecule has 2 aromatic carbocycles. The third-order valence-electron chi connectivity index (χ3n) is 5.18. The Bertz CT molecular complexity index is 1190. The minimum Gasteiger partial charge on any atom is -0.490 e. The van der Waals surface area contributed by atoms with E-state index < -0.39 is 45.4 Å². The van der Waals surface area contributed by atoms with E-state index in [2.05, 4.69) is 16.6 Å². The van der Waals surface area contributed by atoms with Crippen LogP contribution >= 0.6 is 0 Å². The van der Waals surface area contributed by atoms with Gasteiger partial charge in [-0.2, -0.15) is 4.72 Å². The van der Waals surface area contributed by atoms with Gasteiger partial charge >= 0.3 is 5.97 Å². The Morgan fingerprint density at radius 2 is 1.63 bits per heavy atom. The summed E-state index contributed by atoms with van der Waals surface area (Å²) in [7, 11) is -4.20. The Hall–Kier alpha value is -3.24. The monoisotopic (exact) mass is 548 g/mol. The first-order valence-corrected chi connectivity index (χ1v) is 13.8. The molecule has 0 saturated heterocycles. The Kier molecular flexibility index (Phi) is 11.0. The fourth-order valence-corrected chi connectivity index (χ4v) is 4.70. The number of hydrogen-bond acceptors (Lipinski definition) is 6. The standard InChI is InChI=1S/C28H37FN2O6S/c1-7-16-36-22-12-8-20(9-13-22)18-24(31-38(34,35)23-14-10-21(29)11-15-23)26(32)30-25(17-19(2)3)27(33)37-28(4,5)6/h7-15,19,24-25,31H,1,16-18H2,2-6H3,(H,30,32)/t24-,25-/m0/s1. The summed E-state index contributed by atoms with van der Waals surface area (Å²) in [5.74, 6) is -1.26. The van der Waals surface area contributed by atoms with Gasteiger partial charge in [0.2, 0.25) is 15.9 Å². The summed E-state index contributed by atoms with van der Waals surface area (Å²) < 4.78 is 52.9. The maximum Gasteiger partial charge on any atom is 0.329 e. The second kappa shape index (κ2) is 13.5. The lowest BCUT2D eigenvalue weighted by atomic mass is 10.0. The maximum absolute atomic E-state index is 13.4. The van der Waals surface area contributed by atoms with Gasteiger partial charge in [-0.25, -0.2) is 17.6 Å². The molecule has 0 radical (unpaired) electrons. The summed E-state index contributed by atoms with van der Waals surface area (Å²) in [4.78, 5) is 26.1. The minimum absolute atomic E-state index is 0.0171. The molecule has 0 aliphatic rings. The zero-order valence-corrected chi connectivity index (χ0v) is 23.3. The average Bonchev–Trinajstić information content (AvgIpc) is 2.81. The van der Waals surface area contributed by atoms with Crippen LogP contribution in [0.25, 0.3) is 0 Å². The van der Waals surface area contributed by atoms with Gasteiger partial charge in [0.25, 0.3) is 0 Å². The first kappa shape index (κ1) is 31.0. The number of esters is 1. The van der Waals surface area contributed by atoms with E-state index in [0.717, 1.165) is 24.3 Å². The predicted molar refractivity (Wildman–Crippen MR) is 144 cm³/mol. The van der Waals surface area contributed by atoms with Crippen LogP contribution in [0.1, 0.15) is 46.6 Å². The Morgan fingerprint density at radius 3 is 2.16 bits per heavy atom. The number of amides is 1. The van der Waals surface area contributed by atoms with Gasteiger partial charge in [-0.1, -0.05) is 38.6 Å². The molecule has 1 amide bonds. The smallest absolute Gasteiger partial charge is 0.329 e. The third kappa shape index (κ3) is 10.3. The van der Waals surface area contributed by atoms with Crippen molar-refractivity contribution in [2.45, 2.75) is 70.0 Å². The van der Waals surface area contributed by atoms with E-state index in [1.165, 1.54) is 0 Å². The van der Waals surface area contributed by atoms with Crippen molar-refractivity contribution < 1.29 is 31.9 Å². The number of sulfonamides is 1. The zero-order chi connectivity index (χ0) is 28.5. The number of carbonyl (C=O) groups excluding carboxylic acids is 2. The molecule has 0 aliphatic carbocycles. The van der Waals surface area contributed by atoms with Gasteiger partial charge in [-0.05, 0) is 81.5 Å². The van der Waals surface area contributed by atoms with E-state index in [1.54, 1.807) is 51.1 Å². The summed E-state index contributed by atoms with van der Waals surface area (Å²) in [5.41, 5.74) is -0.119. The summed E-state index contributed by atoms with van der Waals surface area (Å²) in [5, 5.41) is 2.68. The van der Waals surface area contributed by atoms with Crippen molar-refractivity contribution in [1.82, 2.24) is 10.0 Å². The molecule has 0 heterocycles. The molecule has 2 rings (SSSR count). The van der Waals surface area contributed by atoms with Crippen molar-refractivity contribution in [3.8, 4) is 5.75 Å². The molecule has 8 nitrogen and oxygen atoms in total. The van der Waals surface area contributed by atoms with Crippen LogP contribution in [0, 0.1) is 11.7 Å². The number of carbonyl (C=O) groups is 2. The number of ether oxygens (including phenoxy) is 2. The largest absolute Gasteiger partial charge is 0.490 e. The highest BCUT2D eigenvalue weighted by Gasteiger charge is 2.32. The number of nitrogens with one attached hydrogen (secondary N) is 2. The van der Waals surface area contributed by atoms with Gasteiger partial charge in [0.1, 0.15) is 35.9 Å². The Balaban J connectivity index is 2.34. The maximum atomic E-state index is 13.4. The number of benzene rings is 2. The highest BCUT2D eigenvalue weighted by molar-refractivity contribution is 7.89. The van der Waals surface area contributed by atoms with E-state index in [-0.39, 0.29) is 17.2 Å². The van der Waals surface area contributed by atoms with Crippen LogP contribution in [-0.4, -0.2) is 44.6 Å². The average molecular weight is 549 g/mol. The molecule has 0 aliphatic heterocycles. The van der Waals surface area contributed by atoms with E-state index in [9.17, 15) is 22.4 Å². The van der Waals surface area contributed by atoms with Crippen molar-refractivity contribution >= 4 is 21.9 Å². The molecule has 0 aromatic heterocycles. The SMILES string of the molecule is C=CCOc1ccc(C[C@H](NS(=O)(=O)c2ccc(F)cc2)C(=O)N[C@@H](CC(C)C)C(=O)OC(C)(C)C)cc1. The number of halogens is 1. The van der Waals surface area contributed by atoms with Crippen LogP contribution < -0.4 is 14.8 Å². The van der Waals surface area contributed by atoms with Crippen LogP contribution in [0.5, 0.6) is 5.75 Å².